The predicted molar refractivity (Wildman–Crippen MR) is 104 cm³/mol. The second kappa shape index (κ2) is 5.97. The van der Waals surface area contributed by atoms with Crippen molar-refractivity contribution in [1.29, 1.82) is 0 Å². The Bertz CT molecular complexity index is 1270. The minimum Gasteiger partial charge on any atom is -0.422 e. The number of hydrogen-bond acceptors (Lipinski definition) is 4. The fourth-order valence-electron chi connectivity index (χ4n) is 2.90. The van der Waals surface area contributed by atoms with Gasteiger partial charge in [-0.1, -0.05) is 34.1 Å². The molecule has 2 aromatic carbocycles. The number of fused-ring (bicyclic) bond motifs is 2. The smallest absolute Gasteiger partial charge is 0.344 e. The molecule has 0 amide bonds. The van der Waals surface area contributed by atoms with E-state index in [9.17, 15) is 9.59 Å². The SMILES string of the molecule is Cc1cc(=O)oc2c(-c3cc4cc(Br)cc(Br)c4oc3=O)cccc12. The van der Waals surface area contributed by atoms with E-state index in [0.717, 1.165) is 20.8 Å². The molecule has 0 aliphatic rings. The van der Waals surface area contributed by atoms with E-state index in [1.165, 1.54) is 6.07 Å². The zero-order chi connectivity index (χ0) is 17.7. The molecule has 2 heterocycles. The second-order valence-corrected chi connectivity index (χ2v) is 7.45. The van der Waals surface area contributed by atoms with Crippen molar-refractivity contribution in [2.45, 2.75) is 6.92 Å². The molecule has 0 N–H and O–H groups in total. The number of hydrogen-bond donors (Lipinski definition) is 0. The third-order valence-electron chi connectivity index (χ3n) is 4.02. The van der Waals surface area contributed by atoms with Crippen LogP contribution in [0.15, 0.2) is 69.8 Å². The van der Waals surface area contributed by atoms with Crippen LogP contribution in [-0.2, 0) is 0 Å². The van der Waals surface area contributed by atoms with Gasteiger partial charge in [-0.15, -0.1) is 0 Å². The molecule has 4 nitrogen and oxygen atoms in total. The third-order valence-corrected chi connectivity index (χ3v) is 5.07. The van der Waals surface area contributed by atoms with Crippen molar-refractivity contribution in [2.75, 3.05) is 0 Å². The first-order chi connectivity index (χ1) is 11.9. The van der Waals surface area contributed by atoms with Crippen molar-refractivity contribution in [3.05, 3.63) is 77.8 Å². The summed E-state index contributed by atoms with van der Waals surface area (Å²) in [5, 5.41) is 1.54. The van der Waals surface area contributed by atoms with Crippen molar-refractivity contribution in [1.82, 2.24) is 0 Å². The Morgan fingerprint density at radius 2 is 1.68 bits per heavy atom. The van der Waals surface area contributed by atoms with Crippen LogP contribution in [0.1, 0.15) is 5.56 Å². The first-order valence-corrected chi connectivity index (χ1v) is 8.99. The summed E-state index contributed by atoms with van der Waals surface area (Å²) in [6.45, 7) is 1.83. The van der Waals surface area contributed by atoms with E-state index in [4.69, 9.17) is 8.83 Å². The molecule has 0 aliphatic carbocycles. The zero-order valence-electron chi connectivity index (χ0n) is 12.9. The van der Waals surface area contributed by atoms with Crippen molar-refractivity contribution < 1.29 is 8.83 Å². The summed E-state index contributed by atoms with van der Waals surface area (Å²) in [5.41, 5.74) is 1.58. The fraction of sp³-hybridized carbons (Fsp3) is 0.0526. The molecule has 0 bridgehead atoms. The standard InChI is InChI=1S/C19H10Br2O4/c1-9-5-16(22)24-18-12(9)3-2-4-13(18)14-7-10-6-11(20)8-15(21)17(10)25-19(14)23/h2-8H,1H3. The zero-order valence-corrected chi connectivity index (χ0v) is 16.1. The van der Waals surface area contributed by atoms with E-state index in [1.807, 2.05) is 31.2 Å². The van der Waals surface area contributed by atoms with Crippen molar-refractivity contribution in [2.24, 2.45) is 0 Å². The van der Waals surface area contributed by atoms with Gasteiger partial charge in [0.05, 0.1) is 10.0 Å². The summed E-state index contributed by atoms with van der Waals surface area (Å²) in [6, 6.07) is 12.3. The van der Waals surface area contributed by atoms with Crippen LogP contribution in [0.5, 0.6) is 0 Å². The van der Waals surface area contributed by atoms with Gasteiger partial charge in [-0.2, -0.15) is 0 Å². The summed E-state index contributed by atoms with van der Waals surface area (Å²) >= 11 is 6.83. The molecule has 124 valence electrons. The minimum absolute atomic E-state index is 0.344. The average molecular weight is 462 g/mol. The maximum absolute atomic E-state index is 12.6. The summed E-state index contributed by atoms with van der Waals surface area (Å²) in [7, 11) is 0. The summed E-state index contributed by atoms with van der Waals surface area (Å²) in [4.78, 5) is 24.4. The molecule has 2 aromatic heterocycles. The van der Waals surface area contributed by atoms with E-state index < -0.39 is 11.3 Å². The van der Waals surface area contributed by atoms with Gasteiger partial charge in [-0.25, -0.2) is 9.59 Å². The van der Waals surface area contributed by atoms with E-state index >= 15 is 0 Å². The lowest BCUT2D eigenvalue weighted by atomic mass is 10.0. The highest BCUT2D eigenvalue weighted by Gasteiger charge is 2.15. The molecule has 6 heteroatoms. The highest BCUT2D eigenvalue weighted by atomic mass is 79.9. The molecule has 4 rings (SSSR count). The number of aryl methyl sites for hydroxylation is 1. The molecule has 0 saturated heterocycles. The maximum atomic E-state index is 12.6. The first-order valence-electron chi connectivity index (χ1n) is 7.41. The molecule has 0 fully saturated rings. The average Bonchev–Trinajstić information content (AvgIpc) is 2.55. The molecule has 0 unspecified atom stereocenters. The van der Waals surface area contributed by atoms with Gasteiger partial charge >= 0.3 is 11.3 Å². The molecule has 0 spiro atoms. The van der Waals surface area contributed by atoms with Crippen molar-refractivity contribution >= 4 is 53.8 Å². The number of rotatable bonds is 1. The van der Waals surface area contributed by atoms with Crippen LogP contribution in [0, 0.1) is 6.92 Å². The van der Waals surface area contributed by atoms with Gasteiger partial charge in [-0.05, 0) is 46.6 Å². The Hall–Kier alpha value is -2.18. The maximum Gasteiger partial charge on any atom is 0.344 e. The van der Waals surface area contributed by atoms with Crippen molar-refractivity contribution in [3.63, 3.8) is 0 Å². The molecular weight excluding hydrogens is 452 g/mol. The molecule has 25 heavy (non-hydrogen) atoms. The van der Waals surface area contributed by atoms with Gasteiger partial charge in [0, 0.05) is 26.9 Å². The summed E-state index contributed by atoms with van der Waals surface area (Å²) in [5.74, 6) is 0. The van der Waals surface area contributed by atoms with Crippen LogP contribution in [0.25, 0.3) is 33.1 Å². The Balaban J connectivity index is 2.12. The lowest BCUT2D eigenvalue weighted by molar-refractivity contribution is 0.555. The monoisotopic (exact) mass is 460 g/mol. The molecule has 0 saturated carbocycles. The number of benzene rings is 2. The quantitative estimate of drug-likeness (QED) is 0.356. The second-order valence-electron chi connectivity index (χ2n) is 5.68. The first kappa shape index (κ1) is 16.3. The highest BCUT2D eigenvalue weighted by Crippen LogP contribution is 2.32. The van der Waals surface area contributed by atoms with Crippen LogP contribution >= 0.6 is 31.9 Å². The van der Waals surface area contributed by atoms with Crippen LogP contribution < -0.4 is 11.3 Å². The molecule has 0 aliphatic heterocycles. The Morgan fingerprint density at radius 3 is 2.48 bits per heavy atom. The van der Waals surface area contributed by atoms with E-state index in [2.05, 4.69) is 31.9 Å². The van der Waals surface area contributed by atoms with Crippen molar-refractivity contribution in [3.8, 4) is 11.1 Å². The Morgan fingerprint density at radius 1 is 0.880 bits per heavy atom. The highest BCUT2D eigenvalue weighted by molar-refractivity contribution is 9.11. The van der Waals surface area contributed by atoms with Crippen LogP contribution in [0.3, 0.4) is 0 Å². The summed E-state index contributed by atoms with van der Waals surface area (Å²) in [6.07, 6.45) is 0. The fourth-order valence-corrected chi connectivity index (χ4v) is 4.24. The van der Waals surface area contributed by atoms with Gasteiger partial charge < -0.3 is 8.83 Å². The number of para-hydroxylation sites is 1. The Kier molecular flexibility index (Phi) is 3.89. The predicted octanol–water partition coefficient (Wildman–Crippen LogP) is 5.40. The van der Waals surface area contributed by atoms with Crippen LogP contribution in [0.2, 0.25) is 0 Å². The normalized spacial score (nSPS) is 11.3. The van der Waals surface area contributed by atoms with Crippen LogP contribution in [0.4, 0.5) is 0 Å². The third kappa shape index (κ3) is 2.75. The van der Waals surface area contributed by atoms with Gasteiger partial charge in [0.25, 0.3) is 0 Å². The van der Waals surface area contributed by atoms with E-state index in [-0.39, 0.29) is 0 Å². The van der Waals surface area contributed by atoms with E-state index in [0.29, 0.717) is 26.8 Å². The minimum atomic E-state index is -0.493. The lowest BCUT2D eigenvalue weighted by Gasteiger charge is -2.08. The van der Waals surface area contributed by atoms with Gasteiger partial charge in [-0.3, -0.25) is 0 Å². The molecule has 0 atom stereocenters. The topological polar surface area (TPSA) is 60.4 Å². The van der Waals surface area contributed by atoms with Gasteiger partial charge in [0.1, 0.15) is 5.58 Å². The largest absolute Gasteiger partial charge is 0.422 e. The molecule has 0 radical (unpaired) electrons. The lowest BCUT2D eigenvalue weighted by Crippen LogP contribution is -2.05. The molecule has 4 aromatic rings. The molecular formula is C19H10Br2O4. The van der Waals surface area contributed by atoms with Gasteiger partial charge in [0.2, 0.25) is 0 Å². The number of halogens is 2. The van der Waals surface area contributed by atoms with Gasteiger partial charge in [0.15, 0.2) is 5.58 Å². The summed E-state index contributed by atoms with van der Waals surface area (Å²) < 4.78 is 12.4. The Labute approximate surface area is 158 Å². The van der Waals surface area contributed by atoms with Crippen LogP contribution in [-0.4, -0.2) is 0 Å². The van der Waals surface area contributed by atoms with E-state index in [1.54, 1.807) is 12.1 Å².